The lowest BCUT2D eigenvalue weighted by Gasteiger charge is -2.22. The molecule has 2 aromatic rings. The second-order valence-electron chi connectivity index (χ2n) is 7.51. The van der Waals surface area contributed by atoms with Crippen LogP contribution in [0.1, 0.15) is 18.4 Å². The van der Waals surface area contributed by atoms with Gasteiger partial charge in [0.2, 0.25) is 28.6 Å². The second-order valence-corrected chi connectivity index (χ2v) is 9.41. The third kappa shape index (κ3) is 4.43. The van der Waals surface area contributed by atoms with E-state index in [1.807, 2.05) is 6.92 Å². The van der Waals surface area contributed by atoms with Crippen LogP contribution < -0.4 is 24.0 Å². The Morgan fingerprint density at radius 1 is 1.16 bits per heavy atom. The first-order valence-corrected chi connectivity index (χ1v) is 11.7. The van der Waals surface area contributed by atoms with Crippen LogP contribution in [0, 0.1) is 6.92 Å². The number of anilines is 3. The Balaban J connectivity index is 1.49. The van der Waals surface area contributed by atoms with Crippen molar-refractivity contribution < 1.29 is 27.5 Å². The molecule has 2 amide bonds. The van der Waals surface area contributed by atoms with Gasteiger partial charge in [-0.05, 0) is 49.2 Å². The number of ether oxygens (including phenoxy) is 2. The minimum absolute atomic E-state index is 0.0660. The Labute approximate surface area is 180 Å². The molecule has 2 aliphatic heterocycles. The van der Waals surface area contributed by atoms with Crippen molar-refractivity contribution in [3.05, 3.63) is 42.0 Å². The van der Waals surface area contributed by atoms with Crippen molar-refractivity contribution in [2.24, 2.45) is 0 Å². The van der Waals surface area contributed by atoms with Crippen LogP contribution in [0.25, 0.3) is 0 Å². The van der Waals surface area contributed by atoms with E-state index >= 15 is 0 Å². The molecule has 1 saturated heterocycles. The molecule has 0 atom stereocenters. The third-order valence-corrected chi connectivity index (χ3v) is 6.32. The SMILES string of the molecule is Cc1cc(NC(=O)CN(c2ccc3c(c2)OCO3)S(C)(=O)=O)ccc1N1CCCC1=O. The second kappa shape index (κ2) is 8.10. The van der Waals surface area contributed by atoms with E-state index in [2.05, 4.69) is 5.32 Å². The predicted octanol–water partition coefficient (Wildman–Crippen LogP) is 2.26. The van der Waals surface area contributed by atoms with Crippen molar-refractivity contribution >= 4 is 38.9 Å². The summed E-state index contributed by atoms with van der Waals surface area (Å²) in [4.78, 5) is 26.4. The van der Waals surface area contributed by atoms with Crippen LogP contribution in [0.4, 0.5) is 17.1 Å². The molecule has 31 heavy (non-hydrogen) atoms. The molecule has 0 aromatic heterocycles. The molecule has 2 heterocycles. The van der Waals surface area contributed by atoms with Crippen molar-refractivity contribution in [1.29, 1.82) is 0 Å². The number of carbonyl (C=O) groups excluding carboxylic acids is 2. The lowest BCUT2D eigenvalue weighted by molar-refractivity contribution is -0.117. The van der Waals surface area contributed by atoms with E-state index in [-0.39, 0.29) is 12.7 Å². The van der Waals surface area contributed by atoms with Gasteiger partial charge in [0.15, 0.2) is 11.5 Å². The number of aryl methyl sites for hydroxylation is 1. The maximum absolute atomic E-state index is 12.6. The maximum Gasteiger partial charge on any atom is 0.245 e. The topological polar surface area (TPSA) is 105 Å². The van der Waals surface area contributed by atoms with Crippen LogP contribution in [-0.2, 0) is 19.6 Å². The summed E-state index contributed by atoms with van der Waals surface area (Å²) in [6.07, 6.45) is 2.41. The van der Waals surface area contributed by atoms with Crippen LogP contribution in [0.5, 0.6) is 11.5 Å². The van der Waals surface area contributed by atoms with Crippen molar-refractivity contribution in [1.82, 2.24) is 0 Å². The predicted molar refractivity (Wildman–Crippen MR) is 116 cm³/mol. The van der Waals surface area contributed by atoms with Crippen molar-refractivity contribution in [2.75, 3.05) is 40.7 Å². The van der Waals surface area contributed by atoms with Gasteiger partial charge in [0.05, 0.1) is 11.9 Å². The lowest BCUT2D eigenvalue weighted by Crippen LogP contribution is -2.37. The Morgan fingerprint density at radius 2 is 1.94 bits per heavy atom. The number of hydrogen-bond donors (Lipinski definition) is 1. The molecule has 4 rings (SSSR count). The molecule has 2 aromatic carbocycles. The van der Waals surface area contributed by atoms with Crippen LogP contribution in [0.2, 0.25) is 0 Å². The fourth-order valence-corrected chi connectivity index (χ4v) is 4.56. The Kier molecular flexibility index (Phi) is 5.48. The van der Waals surface area contributed by atoms with E-state index in [4.69, 9.17) is 9.47 Å². The molecule has 1 N–H and O–H groups in total. The van der Waals surface area contributed by atoms with Gasteiger partial charge in [-0.2, -0.15) is 0 Å². The Morgan fingerprint density at radius 3 is 2.61 bits per heavy atom. The van der Waals surface area contributed by atoms with Crippen LogP contribution in [0.15, 0.2) is 36.4 Å². The largest absolute Gasteiger partial charge is 0.454 e. The zero-order chi connectivity index (χ0) is 22.2. The van der Waals surface area contributed by atoms with Crippen LogP contribution in [-0.4, -0.2) is 46.4 Å². The first-order chi connectivity index (χ1) is 14.7. The van der Waals surface area contributed by atoms with E-state index in [0.717, 1.165) is 28.2 Å². The number of benzene rings is 2. The van der Waals surface area contributed by atoms with Gasteiger partial charge >= 0.3 is 0 Å². The monoisotopic (exact) mass is 445 g/mol. The number of carbonyl (C=O) groups is 2. The van der Waals surface area contributed by atoms with E-state index in [9.17, 15) is 18.0 Å². The highest BCUT2D eigenvalue weighted by Crippen LogP contribution is 2.36. The highest BCUT2D eigenvalue weighted by molar-refractivity contribution is 7.92. The van der Waals surface area contributed by atoms with Crippen molar-refractivity contribution in [3.8, 4) is 11.5 Å². The summed E-state index contributed by atoms with van der Waals surface area (Å²) < 4.78 is 36.2. The normalized spacial score (nSPS) is 15.3. The zero-order valence-corrected chi connectivity index (χ0v) is 18.1. The molecule has 10 heteroatoms. The zero-order valence-electron chi connectivity index (χ0n) is 17.3. The summed E-state index contributed by atoms with van der Waals surface area (Å²) in [6.45, 7) is 2.22. The third-order valence-electron chi connectivity index (χ3n) is 5.18. The van der Waals surface area contributed by atoms with Crippen molar-refractivity contribution in [3.63, 3.8) is 0 Å². The van der Waals surface area contributed by atoms with Gasteiger partial charge < -0.3 is 19.7 Å². The van der Waals surface area contributed by atoms with Gasteiger partial charge in [-0.1, -0.05) is 0 Å². The molecule has 0 spiro atoms. The van der Waals surface area contributed by atoms with Gasteiger partial charge in [-0.3, -0.25) is 13.9 Å². The van der Waals surface area contributed by atoms with E-state index in [0.29, 0.717) is 35.8 Å². The number of sulfonamides is 1. The molecule has 164 valence electrons. The number of fused-ring (bicyclic) bond motifs is 1. The summed E-state index contributed by atoms with van der Waals surface area (Å²) in [5.74, 6) is 0.544. The average Bonchev–Trinajstić information content (AvgIpc) is 3.33. The molecule has 0 bridgehead atoms. The summed E-state index contributed by atoms with van der Waals surface area (Å²) in [6, 6.07) is 9.97. The minimum Gasteiger partial charge on any atom is -0.454 e. The molecular weight excluding hydrogens is 422 g/mol. The highest BCUT2D eigenvalue weighted by Gasteiger charge is 2.25. The molecule has 0 saturated carbocycles. The number of nitrogens with zero attached hydrogens (tertiary/aromatic N) is 2. The molecule has 9 nitrogen and oxygen atoms in total. The van der Waals surface area contributed by atoms with Gasteiger partial charge in [-0.25, -0.2) is 8.42 Å². The number of nitrogens with one attached hydrogen (secondary N) is 1. The minimum atomic E-state index is -3.72. The van der Waals surface area contributed by atoms with E-state index < -0.39 is 22.5 Å². The smallest absolute Gasteiger partial charge is 0.245 e. The fraction of sp³-hybridized carbons (Fsp3) is 0.333. The quantitative estimate of drug-likeness (QED) is 0.731. The first kappa shape index (κ1) is 21.0. The van der Waals surface area contributed by atoms with Crippen molar-refractivity contribution in [2.45, 2.75) is 19.8 Å². The Bertz CT molecular complexity index is 1150. The first-order valence-electron chi connectivity index (χ1n) is 9.80. The van der Waals surface area contributed by atoms with E-state index in [1.165, 1.54) is 6.07 Å². The average molecular weight is 445 g/mol. The molecule has 0 aliphatic carbocycles. The van der Waals surface area contributed by atoms with Gasteiger partial charge in [-0.15, -0.1) is 0 Å². The molecule has 1 fully saturated rings. The number of amides is 2. The molecular formula is C21H23N3O6S. The molecule has 0 unspecified atom stereocenters. The summed E-state index contributed by atoms with van der Waals surface area (Å²) >= 11 is 0. The number of hydrogen-bond acceptors (Lipinski definition) is 6. The summed E-state index contributed by atoms with van der Waals surface area (Å²) in [5, 5.41) is 2.73. The summed E-state index contributed by atoms with van der Waals surface area (Å²) in [7, 11) is -3.72. The van der Waals surface area contributed by atoms with Gasteiger partial charge in [0, 0.05) is 30.4 Å². The summed E-state index contributed by atoms with van der Waals surface area (Å²) in [5.41, 5.74) is 2.50. The number of rotatable bonds is 6. The lowest BCUT2D eigenvalue weighted by atomic mass is 10.1. The standard InChI is InChI=1S/C21H23N3O6S/c1-14-10-15(5-7-17(14)23-9-3-4-21(23)26)22-20(25)12-24(31(2,27)28)16-6-8-18-19(11-16)30-13-29-18/h5-8,10-11H,3-4,9,12-13H2,1-2H3,(H,22,25). The molecule has 2 aliphatic rings. The molecule has 0 radical (unpaired) electrons. The van der Waals surface area contributed by atoms with Crippen LogP contribution >= 0.6 is 0 Å². The van der Waals surface area contributed by atoms with Crippen LogP contribution in [0.3, 0.4) is 0 Å². The fourth-order valence-electron chi connectivity index (χ4n) is 3.71. The van der Waals surface area contributed by atoms with E-state index in [1.54, 1.807) is 35.2 Å². The Hall–Kier alpha value is -3.27. The van der Waals surface area contributed by atoms with Gasteiger partial charge in [0.25, 0.3) is 0 Å². The maximum atomic E-state index is 12.6. The highest BCUT2D eigenvalue weighted by atomic mass is 32.2. The van der Waals surface area contributed by atoms with Gasteiger partial charge in [0.1, 0.15) is 6.54 Å².